The first-order valence-electron chi connectivity index (χ1n) is 5.70. The molecule has 0 unspecified atom stereocenters. The number of rotatable bonds is 4. The maximum absolute atomic E-state index is 11.7. The van der Waals surface area contributed by atoms with Crippen molar-refractivity contribution in [2.75, 3.05) is 12.3 Å². The smallest absolute Gasteiger partial charge is 0.340 e. The van der Waals surface area contributed by atoms with E-state index >= 15 is 0 Å². The van der Waals surface area contributed by atoms with Crippen molar-refractivity contribution in [3.63, 3.8) is 0 Å². The second kappa shape index (κ2) is 4.56. The van der Waals surface area contributed by atoms with Crippen LogP contribution in [0.2, 0.25) is 0 Å². The zero-order chi connectivity index (χ0) is 11.5. The number of hydrogen-bond acceptors (Lipinski definition) is 3. The van der Waals surface area contributed by atoms with E-state index in [9.17, 15) is 4.79 Å². The van der Waals surface area contributed by atoms with Crippen molar-refractivity contribution in [1.29, 1.82) is 0 Å². The van der Waals surface area contributed by atoms with Gasteiger partial charge in [-0.1, -0.05) is 25.0 Å². The number of aryl methyl sites for hydroxylation is 1. The number of esters is 1. The zero-order valence-corrected chi connectivity index (χ0v) is 9.53. The third kappa shape index (κ3) is 2.54. The van der Waals surface area contributed by atoms with Crippen LogP contribution in [0, 0.1) is 12.8 Å². The van der Waals surface area contributed by atoms with E-state index in [-0.39, 0.29) is 5.97 Å². The van der Waals surface area contributed by atoms with Gasteiger partial charge in [0.05, 0.1) is 12.2 Å². The normalized spacial score (nSPS) is 14.8. The van der Waals surface area contributed by atoms with E-state index in [1.165, 1.54) is 12.8 Å². The Labute approximate surface area is 95.6 Å². The summed E-state index contributed by atoms with van der Waals surface area (Å²) in [4.78, 5) is 11.7. The van der Waals surface area contributed by atoms with Crippen molar-refractivity contribution in [3.8, 4) is 0 Å². The topological polar surface area (TPSA) is 52.3 Å². The first-order valence-corrected chi connectivity index (χ1v) is 5.70. The van der Waals surface area contributed by atoms with Crippen LogP contribution in [0.5, 0.6) is 0 Å². The van der Waals surface area contributed by atoms with Gasteiger partial charge in [-0.05, 0) is 30.9 Å². The minimum absolute atomic E-state index is 0.304. The number of nitrogens with two attached hydrogens (primary N) is 1. The predicted octanol–water partition coefficient (Wildman–Crippen LogP) is 2.53. The number of ether oxygens (including phenoxy) is 1. The number of para-hydroxylation sites is 1. The molecule has 0 aromatic heterocycles. The summed E-state index contributed by atoms with van der Waals surface area (Å²) >= 11 is 0. The van der Waals surface area contributed by atoms with Crippen molar-refractivity contribution in [3.05, 3.63) is 29.3 Å². The molecule has 0 aliphatic heterocycles. The highest BCUT2D eigenvalue weighted by Crippen LogP contribution is 2.32. The number of carbonyl (C=O) groups is 1. The predicted molar refractivity (Wildman–Crippen MR) is 63.2 cm³/mol. The maximum Gasteiger partial charge on any atom is 0.340 e. The van der Waals surface area contributed by atoms with Crippen LogP contribution >= 0.6 is 0 Å². The molecule has 86 valence electrons. The van der Waals surface area contributed by atoms with E-state index < -0.39 is 0 Å². The van der Waals surface area contributed by atoms with Gasteiger partial charge in [-0.25, -0.2) is 4.79 Å². The Balaban J connectivity index is 1.93. The zero-order valence-electron chi connectivity index (χ0n) is 9.53. The Bertz CT molecular complexity index is 397. The lowest BCUT2D eigenvalue weighted by Gasteiger charge is -2.08. The van der Waals surface area contributed by atoms with Crippen LogP contribution in [0.15, 0.2) is 18.2 Å². The van der Waals surface area contributed by atoms with E-state index in [1.54, 1.807) is 6.07 Å². The summed E-state index contributed by atoms with van der Waals surface area (Å²) in [5.74, 6) is 0.476. The number of nitrogen functional groups attached to an aromatic ring is 1. The lowest BCUT2D eigenvalue weighted by atomic mass is 10.1. The molecule has 3 heteroatoms. The average Bonchev–Trinajstić information content (AvgIpc) is 3.06. The van der Waals surface area contributed by atoms with Gasteiger partial charge in [0.2, 0.25) is 0 Å². The molecular weight excluding hydrogens is 202 g/mol. The van der Waals surface area contributed by atoms with Crippen molar-refractivity contribution < 1.29 is 9.53 Å². The van der Waals surface area contributed by atoms with Crippen LogP contribution in [0.25, 0.3) is 0 Å². The van der Waals surface area contributed by atoms with Crippen LogP contribution in [-0.4, -0.2) is 12.6 Å². The second-order valence-corrected chi connectivity index (χ2v) is 4.40. The largest absolute Gasteiger partial charge is 0.462 e. The minimum atomic E-state index is -0.304. The van der Waals surface area contributed by atoms with E-state index in [1.807, 2.05) is 19.1 Å². The van der Waals surface area contributed by atoms with Crippen LogP contribution in [-0.2, 0) is 4.74 Å². The van der Waals surface area contributed by atoms with Gasteiger partial charge in [0, 0.05) is 5.69 Å². The number of anilines is 1. The molecular formula is C13H17NO2. The van der Waals surface area contributed by atoms with Gasteiger partial charge in [0.25, 0.3) is 0 Å². The summed E-state index contributed by atoms with van der Waals surface area (Å²) in [5, 5.41) is 0. The van der Waals surface area contributed by atoms with Gasteiger partial charge < -0.3 is 10.5 Å². The highest BCUT2D eigenvalue weighted by atomic mass is 16.5. The molecule has 0 bridgehead atoms. The number of carbonyl (C=O) groups excluding carboxylic acids is 1. The van der Waals surface area contributed by atoms with E-state index in [4.69, 9.17) is 10.5 Å². The van der Waals surface area contributed by atoms with E-state index in [0.29, 0.717) is 17.9 Å². The van der Waals surface area contributed by atoms with Gasteiger partial charge in [0.15, 0.2) is 0 Å². The molecule has 1 aliphatic carbocycles. The van der Waals surface area contributed by atoms with Gasteiger partial charge in [-0.3, -0.25) is 0 Å². The highest BCUT2D eigenvalue weighted by Gasteiger charge is 2.21. The second-order valence-electron chi connectivity index (χ2n) is 4.40. The van der Waals surface area contributed by atoms with Crippen molar-refractivity contribution in [1.82, 2.24) is 0 Å². The third-order valence-electron chi connectivity index (χ3n) is 3.00. The molecule has 0 amide bonds. The van der Waals surface area contributed by atoms with E-state index in [2.05, 4.69) is 0 Å². The number of benzene rings is 1. The summed E-state index contributed by atoms with van der Waals surface area (Å²) in [6, 6.07) is 5.42. The molecule has 0 atom stereocenters. The SMILES string of the molecule is Cc1cccc(C(=O)OCCC2CC2)c1N. The third-order valence-corrected chi connectivity index (χ3v) is 3.00. The highest BCUT2D eigenvalue weighted by molar-refractivity contribution is 5.95. The van der Waals surface area contributed by atoms with Crippen molar-refractivity contribution >= 4 is 11.7 Å². The average molecular weight is 219 g/mol. The van der Waals surface area contributed by atoms with Crippen LogP contribution in [0.3, 0.4) is 0 Å². The molecule has 0 radical (unpaired) electrons. The Morgan fingerprint density at radius 1 is 1.50 bits per heavy atom. The fraction of sp³-hybridized carbons (Fsp3) is 0.462. The molecule has 3 nitrogen and oxygen atoms in total. The monoisotopic (exact) mass is 219 g/mol. The quantitative estimate of drug-likeness (QED) is 0.625. The summed E-state index contributed by atoms with van der Waals surface area (Å²) in [6.45, 7) is 2.40. The fourth-order valence-corrected chi connectivity index (χ4v) is 1.66. The van der Waals surface area contributed by atoms with Crippen LogP contribution in [0.1, 0.15) is 35.2 Å². The lowest BCUT2D eigenvalue weighted by molar-refractivity contribution is 0.0496. The summed E-state index contributed by atoms with van der Waals surface area (Å²) in [6.07, 6.45) is 3.55. The first kappa shape index (κ1) is 11.0. The summed E-state index contributed by atoms with van der Waals surface area (Å²) < 4.78 is 5.20. The minimum Gasteiger partial charge on any atom is -0.462 e. The molecule has 16 heavy (non-hydrogen) atoms. The molecule has 0 saturated heterocycles. The Kier molecular flexibility index (Phi) is 3.13. The van der Waals surface area contributed by atoms with Crippen molar-refractivity contribution in [2.24, 2.45) is 5.92 Å². The van der Waals surface area contributed by atoms with Gasteiger partial charge in [-0.15, -0.1) is 0 Å². The van der Waals surface area contributed by atoms with Crippen molar-refractivity contribution in [2.45, 2.75) is 26.2 Å². The molecule has 1 aromatic rings. The molecule has 1 aromatic carbocycles. The first-order chi connectivity index (χ1) is 7.68. The standard InChI is InChI=1S/C13H17NO2/c1-9-3-2-4-11(12(9)14)13(15)16-8-7-10-5-6-10/h2-4,10H,5-8,14H2,1H3. The Hall–Kier alpha value is -1.51. The van der Waals surface area contributed by atoms with Crippen LogP contribution in [0.4, 0.5) is 5.69 Å². The maximum atomic E-state index is 11.7. The molecule has 1 saturated carbocycles. The van der Waals surface area contributed by atoms with Gasteiger partial charge >= 0.3 is 5.97 Å². The Morgan fingerprint density at radius 2 is 2.25 bits per heavy atom. The molecule has 2 N–H and O–H groups in total. The fourth-order valence-electron chi connectivity index (χ4n) is 1.66. The molecule has 1 aliphatic rings. The van der Waals surface area contributed by atoms with Gasteiger partial charge in [0.1, 0.15) is 0 Å². The Morgan fingerprint density at radius 3 is 2.94 bits per heavy atom. The molecule has 1 fully saturated rings. The molecule has 0 spiro atoms. The molecule has 2 rings (SSSR count). The van der Waals surface area contributed by atoms with E-state index in [0.717, 1.165) is 17.9 Å². The molecule has 0 heterocycles. The summed E-state index contributed by atoms with van der Waals surface area (Å²) in [7, 11) is 0. The number of hydrogen-bond donors (Lipinski definition) is 1. The summed E-state index contributed by atoms with van der Waals surface area (Å²) in [5.41, 5.74) is 7.75. The van der Waals surface area contributed by atoms with Gasteiger partial charge in [-0.2, -0.15) is 0 Å². The lowest BCUT2D eigenvalue weighted by Crippen LogP contribution is -2.10. The van der Waals surface area contributed by atoms with Crippen LogP contribution < -0.4 is 5.73 Å².